The predicted octanol–water partition coefficient (Wildman–Crippen LogP) is 0.741. The molecular formula is C8H13NO. The second-order valence-corrected chi connectivity index (χ2v) is 2.88. The van der Waals surface area contributed by atoms with Crippen molar-refractivity contribution < 1.29 is 4.79 Å². The van der Waals surface area contributed by atoms with Gasteiger partial charge in [0.25, 0.3) is 0 Å². The lowest BCUT2D eigenvalue weighted by atomic mass is 10.0. The monoisotopic (exact) mass is 139 g/mol. The molecule has 0 amide bonds. The Hall–Kier alpha value is -0.630. The van der Waals surface area contributed by atoms with Gasteiger partial charge in [-0.2, -0.15) is 0 Å². The van der Waals surface area contributed by atoms with Crippen LogP contribution >= 0.6 is 0 Å². The van der Waals surface area contributed by atoms with E-state index < -0.39 is 0 Å². The van der Waals surface area contributed by atoms with E-state index in [0.717, 1.165) is 18.7 Å². The summed E-state index contributed by atoms with van der Waals surface area (Å²) in [5.74, 6) is 0.427. The second-order valence-electron chi connectivity index (χ2n) is 2.88. The molecule has 0 spiro atoms. The van der Waals surface area contributed by atoms with Crippen molar-refractivity contribution in [1.82, 2.24) is 5.32 Å². The number of Topliss-reactive ketones (excluding diaryl/α,β-unsaturated/α-hetero) is 1. The Morgan fingerprint density at radius 2 is 2.40 bits per heavy atom. The summed E-state index contributed by atoms with van der Waals surface area (Å²) >= 11 is 0. The van der Waals surface area contributed by atoms with Gasteiger partial charge in [-0.25, -0.2) is 0 Å². The fraction of sp³-hybridized carbons (Fsp3) is 0.625. The van der Waals surface area contributed by atoms with Gasteiger partial charge in [-0.3, -0.25) is 4.79 Å². The highest BCUT2D eigenvalue weighted by Gasteiger charge is 2.15. The first-order valence-corrected chi connectivity index (χ1v) is 3.66. The van der Waals surface area contributed by atoms with Gasteiger partial charge in [-0.1, -0.05) is 19.9 Å². The van der Waals surface area contributed by atoms with E-state index >= 15 is 0 Å². The number of carbonyl (C=O) groups is 1. The molecule has 1 aliphatic heterocycles. The molecule has 2 nitrogen and oxygen atoms in total. The van der Waals surface area contributed by atoms with Crippen molar-refractivity contribution in [1.29, 1.82) is 0 Å². The van der Waals surface area contributed by atoms with E-state index in [1.165, 1.54) is 0 Å². The molecule has 0 saturated heterocycles. The van der Waals surface area contributed by atoms with Crippen LogP contribution in [0.15, 0.2) is 11.6 Å². The van der Waals surface area contributed by atoms with Gasteiger partial charge in [0.15, 0.2) is 5.78 Å². The second kappa shape index (κ2) is 2.97. The largest absolute Gasteiger partial charge is 0.309 e. The maximum Gasteiger partial charge on any atom is 0.162 e. The Morgan fingerprint density at radius 1 is 1.70 bits per heavy atom. The third-order valence-electron chi connectivity index (χ3n) is 1.65. The van der Waals surface area contributed by atoms with E-state index in [9.17, 15) is 4.79 Å². The molecule has 10 heavy (non-hydrogen) atoms. The number of rotatable bonds is 2. The molecule has 0 bridgehead atoms. The Bertz CT molecular complexity index is 170. The number of hydrogen-bond acceptors (Lipinski definition) is 2. The highest BCUT2D eigenvalue weighted by molar-refractivity contribution is 5.97. The summed E-state index contributed by atoms with van der Waals surface area (Å²) in [6.07, 6.45) is 1.97. The lowest BCUT2D eigenvalue weighted by molar-refractivity contribution is -0.118. The Labute approximate surface area is 61.3 Å². The van der Waals surface area contributed by atoms with Crippen molar-refractivity contribution in [2.24, 2.45) is 5.92 Å². The summed E-state index contributed by atoms with van der Waals surface area (Å²) in [7, 11) is 0. The average molecular weight is 139 g/mol. The molecule has 1 N–H and O–H groups in total. The van der Waals surface area contributed by atoms with Gasteiger partial charge in [0.05, 0.1) is 0 Å². The summed E-state index contributed by atoms with van der Waals surface area (Å²) in [5.41, 5.74) is 0.954. The molecule has 1 rings (SSSR count). The van der Waals surface area contributed by atoms with E-state index in [4.69, 9.17) is 0 Å². The summed E-state index contributed by atoms with van der Waals surface area (Å²) in [4.78, 5) is 11.2. The normalized spacial score (nSPS) is 17.7. The number of hydrogen-bond donors (Lipinski definition) is 1. The van der Waals surface area contributed by atoms with Gasteiger partial charge in [0.1, 0.15) is 0 Å². The molecule has 0 aromatic carbocycles. The third-order valence-corrected chi connectivity index (χ3v) is 1.65. The van der Waals surface area contributed by atoms with E-state index in [0.29, 0.717) is 0 Å². The topological polar surface area (TPSA) is 29.1 Å². The number of ketones is 1. The minimum Gasteiger partial charge on any atom is -0.309 e. The first-order valence-electron chi connectivity index (χ1n) is 3.66. The molecule has 0 fully saturated rings. The molecule has 1 heterocycles. The van der Waals surface area contributed by atoms with Crippen molar-refractivity contribution in [3.05, 3.63) is 11.6 Å². The minimum atomic E-state index is 0.145. The Balaban J connectivity index is 2.56. The van der Waals surface area contributed by atoms with Crippen LogP contribution in [0.3, 0.4) is 0 Å². The molecule has 0 aliphatic carbocycles. The molecule has 0 atom stereocenters. The lowest BCUT2D eigenvalue weighted by Gasteiger charge is -2.02. The smallest absolute Gasteiger partial charge is 0.162 e. The zero-order valence-electron chi connectivity index (χ0n) is 6.48. The summed E-state index contributed by atoms with van der Waals surface area (Å²) in [5, 5.41) is 3.09. The highest BCUT2D eigenvalue weighted by atomic mass is 16.1. The van der Waals surface area contributed by atoms with Gasteiger partial charge in [-0.05, 0) is 0 Å². The molecular weight excluding hydrogens is 126 g/mol. The van der Waals surface area contributed by atoms with Crippen LogP contribution < -0.4 is 5.32 Å². The zero-order valence-corrected chi connectivity index (χ0v) is 6.48. The van der Waals surface area contributed by atoms with Gasteiger partial charge in [-0.15, -0.1) is 0 Å². The Kier molecular flexibility index (Phi) is 2.22. The van der Waals surface area contributed by atoms with Crippen molar-refractivity contribution in [3.63, 3.8) is 0 Å². The fourth-order valence-corrected chi connectivity index (χ4v) is 1.03. The van der Waals surface area contributed by atoms with Crippen LogP contribution in [0.4, 0.5) is 0 Å². The maximum absolute atomic E-state index is 11.2. The number of carbonyl (C=O) groups excluding carboxylic acids is 1. The predicted molar refractivity (Wildman–Crippen MR) is 40.8 cm³/mol. The molecule has 2 heteroatoms. The van der Waals surface area contributed by atoms with Gasteiger partial charge in [0.2, 0.25) is 0 Å². The van der Waals surface area contributed by atoms with Gasteiger partial charge in [0, 0.05) is 24.6 Å². The summed E-state index contributed by atoms with van der Waals surface area (Å²) in [6, 6.07) is 0. The van der Waals surface area contributed by atoms with Crippen molar-refractivity contribution in [3.8, 4) is 0 Å². The van der Waals surface area contributed by atoms with E-state index in [1.807, 2.05) is 19.9 Å². The van der Waals surface area contributed by atoms with Crippen LogP contribution in [0.2, 0.25) is 0 Å². The van der Waals surface area contributed by atoms with Gasteiger partial charge < -0.3 is 5.32 Å². The van der Waals surface area contributed by atoms with Crippen molar-refractivity contribution in [2.75, 3.05) is 13.1 Å². The molecule has 1 aliphatic rings. The van der Waals surface area contributed by atoms with Crippen LogP contribution in [-0.2, 0) is 4.79 Å². The quantitative estimate of drug-likeness (QED) is 0.611. The van der Waals surface area contributed by atoms with Gasteiger partial charge >= 0.3 is 0 Å². The van der Waals surface area contributed by atoms with Crippen LogP contribution in [0, 0.1) is 5.92 Å². The SMILES string of the molecule is CC(C)C(=O)C1=CCNC1. The first kappa shape index (κ1) is 7.48. The molecule has 56 valence electrons. The standard InChI is InChI=1S/C8H13NO/c1-6(2)8(10)7-3-4-9-5-7/h3,6,9H,4-5H2,1-2H3. The molecule has 0 saturated carbocycles. The molecule has 0 aromatic rings. The number of nitrogens with one attached hydrogen (secondary N) is 1. The van der Waals surface area contributed by atoms with Crippen LogP contribution in [0.5, 0.6) is 0 Å². The molecule has 0 radical (unpaired) electrons. The minimum absolute atomic E-state index is 0.145. The maximum atomic E-state index is 11.2. The van der Waals surface area contributed by atoms with Crippen molar-refractivity contribution >= 4 is 5.78 Å². The van der Waals surface area contributed by atoms with Crippen LogP contribution in [0.1, 0.15) is 13.8 Å². The average Bonchev–Trinajstić information content (AvgIpc) is 2.36. The highest BCUT2D eigenvalue weighted by Crippen LogP contribution is 2.07. The zero-order chi connectivity index (χ0) is 7.56. The lowest BCUT2D eigenvalue weighted by Crippen LogP contribution is -2.16. The fourth-order valence-electron chi connectivity index (χ4n) is 1.03. The third kappa shape index (κ3) is 1.45. The summed E-state index contributed by atoms with van der Waals surface area (Å²) in [6.45, 7) is 5.48. The summed E-state index contributed by atoms with van der Waals surface area (Å²) < 4.78 is 0. The molecule has 0 unspecified atom stereocenters. The first-order chi connectivity index (χ1) is 4.72. The van der Waals surface area contributed by atoms with E-state index in [2.05, 4.69) is 5.32 Å². The van der Waals surface area contributed by atoms with E-state index in [-0.39, 0.29) is 11.7 Å². The Morgan fingerprint density at radius 3 is 2.80 bits per heavy atom. The van der Waals surface area contributed by atoms with Crippen LogP contribution in [-0.4, -0.2) is 18.9 Å². The van der Waals surface area contributed by atoms with Crippen LogP contribution in [0.25, 0.3) is 0 Å². The van der Waals surface area contributed by atoms with Crippen molar-refractivity contribution in [2.45, 2.75) is 13.8 Å². The van der Waals surface area contributed by atoms with E-state index in [1.54, 1.807) is 0 Å². The molecule has 0 aromatic heterocycles.